The van der Waals surface area contributed by atoms with Crippen molar-refractivity contribution >= 4 is 28.9 Å². The molecule has 1 heterocycles. The molecule has 1 aromatic rings. The molecular weight excluding hydrogens is 362 g/mol. The van der Waals surface area contributed by atoms with Crippen LogP contribution in [0.15, 0.2) is 44.6 Å². The molecule has 3 heteroatoms. The Bertz CT molecular complexity index is 946. The lowest BCUT2D eigenvalue weighted by Crippen LogP contribution is -2.52. The molecule has 6 rings (SSSR count). The molecule has 0 saturated heterocycles. The second-order valence-corrected chi connectivity index (χ2v) is 11.4. The van der Waals surface area contributed by atoms with E-state index in [2.05, 4.69) is 38.1 Å². The Kier molecular flexibility index (Phi) is 3.65. The van der Waals surface area contributed by atoms with Crippen molar-refractivity contribution < 1.29 is 4.79 Å². The fourth-order valence-corrected chi connectivity index (χ4v) is 8.88. The van der Waals surface area contributed by atoms with Crippen LogP contribution in [0.5, 0.6) is 0 Å². The molecule has 28 heavy (non-hydrogen) atoms. The summed E-state index contributed by atoms with van der Waals surface area (Å²) in [6.45, 7) is 5.04. The van der Waals surface area contributed by atoms with Crippen LogP contribution in [0.25, 0.3) is 0 Å². The van der Waals surface area contributed by atoms with Gasteiger partial charge < -0.3 is 0 Å². The van der Waals surface area contributed by atoms with Gasteiger partial charge in [-0.15, -0.1) is 0 Å². The maximum atomic E-state index is 13.0. The SMILES string of the molecule is C[C@@]12CCC[C@H]1[C@@H]1CC3=Nc4ccccc4SC4=C3[C@](C)(CCC4=O)[C@H]1CC2. The number of para-hydroxylation sites is 1. The number of rotatable bonds is 0. The van der Waals surface area contributed by atoms with Crippen molar-refractivity contribution in [2.45, 2.75) is 70.1 Å². The molecule has 0 spiro atoms. The van der Waals surface area contributed by atoms with Crippen molar-refractivity contribution in [2.24, 2.45) is 33.6 Å². The van der Waals surface area contributed by atoms with E-state index in [1.807, 2.05) is 0 Å². The van der Waals surface area contributed by atoms with Crippen molar-refractivity contribution in [3.8, 4) is 0 Å². The van der Waals surface area contributed by atoms with E-state index in [0.29, 0.717) is 17.6 Å². The molecule has 0 unspecified atom stereocenters. The molecule has 0 radical (unpaired) electrons. The van der Waals surface area contributed by atoms with Crippen molar-refractivity contribution in [1.82, 2.24) is 0 Å². The van der Waals surface area contributed by atoms with Gasteiger partial charge in [-0.3, -0.25) is 9.79 Å². The first-order valence-corrected chi connectivity index (χ1v) is 11.9. The Morgan fingerprint density at radius 1 is 1.07 bits per heavy atom. The van der Waals surface area contributed by atoms with Crippen LogP contribution in [0.1, 0.15) is 65.2 Å². The van der Waals surface area contributed by atoms with Gasteiger partial charge in [-0.1, -0.05) is 44.2 Å². The van der Waals surface area contributed by atoms with E-state index in [4.69, 9.17) is 4.99 Å². The molecule has 1 aliphatic heterocycles. The van der Waals surface area contributed by atoms with E-state index in [1.165, 1.54) is 43.4 Å². The number of hydrogen-bond donors (Lipinski definition) is 0. The van der Waals surface area contributed by atoms with Crippen LogP contribution in [-0.2, 0) is 4.79 Å². The molecule has 3 saturated carbocycles. The number of hydrogen-bond acceptors (Lipinski definition) is 3. The van der Waals surface area contributed by atoms with Gasteiger partial charge in [0, 0.05) is 17.0 Å². The second-order valence-electron chi connectivity index (χ2n) is 10.3. The molecule has 3 fully saturated rings. The predicted octanol–water partition coefficient (Wildman–Crippen LogP) is 6.72. The zero-order valence-electron chi connectivity index (χ0n) is 17.0. The second kappa shape index (κ2) is 5.84. The first-order chi connectivity index (χ1) is 13.5. The Morgan fingerprint density at radius 2 is 1.93 bits per heavy atom. The number of Topliss-reactive ketones (excluding diaryl/α,β-unsaturated/α-hetero) is 1. The van der Waals surface area contributed by atoms with Gasteiger partial charge in [0.25, 0.3) is 0 Å². The van der Waals surface area contributed by atoms with Crippen molar-refractivity contribution in [1.29, 1.82) is 0 Å². The molecule has 0 bridgehead atoms. The fraction of sp³-hybridized carbons (Fsp3) is 0.600. The van der Waals surface area contributed by atoms with Gasteiger partial charge >= 0.3 is 0 Å². The van der Waals surface area contributed by atoms with Gasteiger partial charge in [0.05, 0.1) is 10.6 Å². The Hall–Kier alpha value is -1.35. The predicted molar refractivity (Wildman–Crippen MR) is 115 cm³/mol. The number of allylic oxidation sites excluding steroid dienone is 1. The quantitative estimate of drug-likeness (QED) is 0.491. The molecule has 4 aliphatic carbocycles. The third-order valence-electron chi connectivity index (χ3n) is 9.01. The Balaban J connectivity index is 1.55. The van der Waals surface area contributed by atoms with Crippen LogP contribution in [0.4, 0.5) is 5.69 Å². The zero-order chi connectivity index (χ0) is 19.1. The molecular formula is C25H29NOS. The topological polar surface area (TPSA) is 29.4 Å². The number of carbonyl (C=O) groups is 1. The minimum Gasteiger partial charge on any atom is -0.294 e. The van der Waals surface area contributed by atoms with Gasteiger partial charge in [-0.2, -0.15) is 0 Å². The van der Waals surface area contributed by atoms with E-state index in [1.54, 1.807) is 11.8 Å². The summed E-state index contributed by atoms with van der Waals surface area (Å²) in [4.78, 5) is 20.4. The van der Waals surface area contributed by atoms with Crippen molar-refractivity contribution in [2.75, 3.05) is 0 Å². The molecule has 146 valence electrons. The third kappa shape index (κ3) is 2.23. The van der Waals surface area contributed by atoms with E-state index in [0.717, 1.165) is 46.1 Å². The monoisotopic (exact) mass is 391 g/mol. The molecule has 0 N–H and O–H groups in total. The van der Waals surface area contributed by atoms with Gasteiger partial charge in [-0.25, -0.2) is 0 Å². The summed E-state index contributed by atoms with van der Waals surface area (Å²) >= 11 is 1.70. The van der Waals surface area contributed by atoms with E-state index in [9.17, 15) is 4.79 Å². The summed E-state index contributed by atoms with van der Waals surface area (Å²) in [6, 6.07) is 8.41. The summed E-state index contributed by atoms with van der Waals surface area (Å²) in [6.07, 6.45) is 9.75. The first kappa shape index (κ1) is 17.5. The number of carbonyl (C=O) groups excluding carboxylic acids is 1. The van der Waals surface area contributed by atoms with Crippen LogP contribution in [-0.4, -0.2) is 11.5 Å². The Morgan fingerprint density at radius 3 is 2.82 bits per heavy atom. The lowest BCUT2D eigenvalue weighted by Gasteiger charge is -2.57. The van der Waals surface area contributed by atoms with E-state index >= 15 is 0 Å². The van der Waals surface area contributed by atoms with Crippen LogP contribution in [0, 0.1) is 28.6 Å². The fourth-order valence-electron chi connectivity index (χ4n) is 7.62. The third-order valence-corrected chi connectivity index (χ3v) is 10.2. The van der Waals surface area contributed by atoms with E-state index < -0.39 is 0 Å². The summed E-state index contributed by atoms with van der Waals surface area (Å²) in [7, 11) is 0. The maximum absolute atomic E-state index is 13.0. The van der Waals surface area contributed by atoms with Gasteiger partial charge in [0.1, 0.15) is 0 Å². The zero-order valence-corrected chi connectivity index (χ0v) is 17.8. The lowest BCUT2D eigenvalue weighted by atomic mass is 9.47. The number of benzene rings is 1. The highest BCUT2D eigenvalue weighted by Gasteiger charge is 2.59. The molecule has 5 aliphatic rings. The normalized spacial score (nSPS) is 41.4. The number of thioether (sulfide) groups is 1. The van der Waals surface area contributed by atoms with Crippen LogP contribution >= 0.6 is 11.8 Å². The maximum Gasteiger partial charge on any atom is 0.169 e. The average molecular weight is 392 g/mol. The highest BCUT2D eigenvalue weighted by molar-refractivity contribution is 8.04. The smallest absolute Gasteiger partial charge is 0.169 e. The van der Waals surface area contributed by atoms with Gasteiger partial charge in [0.2, 0.25) is 0 Å². The van der Waals surface area contributed by atoms with Crippen molar-refractivity contribution in [3.63, 3.8) is 0 Å². The lowest BCUT2D eigenvalue weighted by molar-refractivity contribution is -0.117. The highest BCUT2D eigenvalue weighted by Crippen LogP contribution is 2.66. The number of nitrogens with zero attached hydrogens (tertiary/aromatic N) is 1. The van der Waals surface area contributed by atoms with Crippen molar-refractivity contribution in [3.05, 3.63) is 34.7 Å². The molecule has 2 nitrogen and oxygen atoms in total. The standard InChI is InChI=1S/C25H29NOS/c1-24-11-5-6-16(24)15-14-19-22-23(28-21-8-4-3-7-18(21)26-19)20(27)10-13-25(22,2)17(15)9-12-24/h3-4,7-8,15-17H,5-6,9-14H2,1-2H3/t15-,16-,17-,24-,25+/m0/s1. The molecule has 0 amide bonds. The molecule has 0 aromatic heterocycles. The summed E-state index contributed by atoms with van der Waals surface area (Å²) in [5.41, 5.74) is 4.33. The highest BCUT2D eigenvalue weighted by atomic mass is 32.2. The Labute approximate surface area is 172 Å². The van der Waals surface area contributed by atoms with Gasteiger partial charge in [0.15, 0.2) is 5.78 Å². The van der Waals surface area contributed by atoms with Crippen LogP contribution < -0.4 is 0 Å². The number of fused-ring (bicyclic) bond motifs is 5. The first-order valence-electron chi connectivity index (χ1n) is 11.1. The van der Waals surface area contributed by atoms with Gasteiger partial charge in [-0.05, 0) is 84.8 Å². The summed E-state index contributed by atoms with van der Waals surface area (Å²) < 4.78 is 0. The molecule has 1 aromatic carbocycles. The minimum absolute atomic E-state index is 0.129. The van der Waals surface area contributed by atoms with Crippen LogP contribution in [0.3, 0.4) is 0 Å². The van der Waals surface area contributed by atoms with E-state index in [-0.39, 0.29) is 5.41 Å². The average Bonchev–Trinajstić information content (AvgIpc) is 2.99. The number of aliphatic imine (C=N–C) groups is 1. The van der Waals surface area contributed by atoms with Crippen LogP contribution in [0.2, 0.25) is 0 Å². The largest absolute Gasteiger partial charge is 0.294 e. The summed E-state index contributed by atoms with van der Waals surface area (Å²) in [5.74, 6) is 2.67. The molecule has 5 atom stereocenters. The minimum atomic E-state index is 0.129. The summed E-state index contributed by atoms with van der Waals surface area (Å²) in [5, 5.41) is 0. The number of ketones is 1.